The topological polar surface area (TPSA) is 30.9 Å². The molecule has 2 fully saturated rings. The average molecular weight is 368 g/mol. The van der Waals surface area contributed by atoms with Crippen LogP contribution in [0.4, 0.5) is 5.69 Å². The number of morpholine rings is 1. The van der Waals surface area contributed by atoms with E-state index in [4.69, 9.17) is 14.0 Å². The van der Waals surface area contributed by atoms with E-state index in [1.54, 1.807) is 0 Å². The molecule has 0 saturated carbocycles. The van der Waals surface area contributed by atoms with Gasteiger partial charge in [0.2, 0.25) is 0 Å². The Labute approximate surface area is 141 Å². The number of hydrogen-bond donors (Lipinski definition) is 0. The molecule has 2 heterocycles. The van der Waals surface area contributed by atoms with Gasteiger partial charge in [0.15, 0.2) is 0 Å². The van der Waals surface area contributed by atoms with E-state index >= 15 is 0 Å². The van der Waals surface area contributed by atoms with Crippen LogP contribution in [0.15, 0.2) is 22.7 Å². The summed E-state index contributed by atoms with van der Waals surface area (Å²) in [5, 5.41) is 0. The van der Waals surface area contributed by atoms with E-state index in [9.17, 15) is 0 Å². The standard InChI is InChI=1S/C16H23BBrNO3/c1-15(2)16(3,4)22-17(21-15)12-9-13(18)11-14(10-12)19-5-7-20-8-6-19/h9-11H,5-8H2,1-4H3. The van der Waals surface area contributed by atoms with Gasteiger partial charge in [-0.25, -0.2) is 0 Å². The van der Waals surface area contributed by atoms with Crippen LogP contribution in [0.25, 0.3) is 0 Å². The molecule has 120 valence electrons. The molecule has 2 aliphatic rings. The summed E-state index contributed by atoms with van der Waals surface area (Å²) >= 11 is 3.61. The second-order valence-corrected chi connectivity index (χ2v) is 7.85. The zero-order valence-electron chi connectivity index (χ0n) is 13.7. The predicted molar refractivity (Wildman–Crippen MR) is 92.9 cm³/mol. The van der Waals surface area contributed by atoms with Crippen molar-refractivity contribution < 1.29 is 14.0 Å². The fourth-order valence-electron chi connectivity index (χ4n) is 2.72. The third kappa shape index (κ3) is 3.07. The van der Waals surface area contributed by atoms with Crippen molar-refractivity contribution in [3.8, 4) is 0 Å². The molecule has 22 heavy (non-hydrogen) atoms. The van der Waals surface area contributed by atoms with E-state index in [-0.39, 0.29) is 18.3 Å². The molecule has 0 radical (unpaired) electrons. The van der Waals surface area contributed by atoms with E-state index in [0.29, 0.717) is 0 Å². The lowest BCUT2D eigenvalue weighted by Crippen LogP contribution is -2.41. The van der Waals surface area contributed by atoms with E-state index in [2.05, 4.69) is 66.7 Å². The molecule has 0 atom stereocenters. The molecule has 0 bridgehead atoms. The van der Waals surface area contributed by atoms with Crippen LogP contribution in [-0.4, -0.2) is 44.6 Å². The molecule has 6 heteroatoms. The lowest BCUT2D eigenvalue weighted by Gasteiger charge is -2.32. The zero-order valence-corrected chi connectivity index (χ0v) is 15.3. The fourth-order valence-corrected chi connectivity index (χ4v) is 3.21. The van der Waals surface area contributed by atoms with Gasteiger partial charge in [0.25, 0.3) is 0 Å². The summed E-state index contributed by atoms with van der Waals surface area (Å²) in [6.45, 7) is 11.7. The Kier molecular flexibility index (Phi) is 4.31. The van der Waals surface area contributed by atoms with Crippen LogP contribution < -0.4 is 10.4 Å². The van der Waals surface area contributed by atoms with E-state index in [1.807, 2.05) is 0 Å². The number of hydrogen-bond acceptors (Lipinski definition) is 4. The number of rotatable bonds is 2. The lowest BCUT2D eigenvalue weighted by atomic mass is 9.79. The third-order valence-electron chi connectivity index (χ3n) is 4.81. The van der Waals surface area contributed by atoms with Crippen molar-refractivity contribution in [2.24, 2.45) is 0 Å². The summed E-state index contributed by atoms with van der Waals surface area (Å²) in [6, 6.07) is 6.38. The molecule has 0 spiro atoms. The molecule has 0 unspecified atom stereocenters. The lowest BCUT2D eigenvalue weighted by molar-refractivity contribution is 0.00578. The third-order valence-corrected chi connectivity index (χ3v) is 5.26. The second-order valence-electron chi connectivity index (χ2n) is 6.93. The number of anilines is 1. The highest BCUT2D eigenvalue weighted by molar-refractivity contribution is 9.10. The average Bonchev–Trinajstić information content (AvgIpc) is 2.68. The normalized spacial score (nSPS) is 23.9. The Morgan fingerprint density at radius 2 is 1.59 bits per heavy atom. The van der Waals surface area contributed by atoms with Crippen LogP contribution in [0.3, 0.4) is 0 Å². The molecule has 2 saturated heterocycles. The number of halogens is 1. The van der Waals surface area contributed by atoms with E-state index in [0.717, 1.165) is 36.2 Å². The Morgan fingerprint density at radius 1 is 1.00 bits per heavy atom. The minimum atomic E-state index is -0.331. The van der Waals surface area contributed by atoms with E-state index < -0.39 is 0 Å². The van der Waals surface area contributed by atoms with Gasteiger partial charge in [-0.1, -0.05) is 15.9 Å². The first-order chi connectivity index (χ1) is 10.3. The first-order valence-corrected chi connectivity index (χ1v) is 8.57. The van der Waals surface area contributed by atoms with Crippen molar-refractivity contribution in [1.29, 1.82) is 0 Å². The summed E-state index contributed by atoms with van der Waals surface area (Å²) in [6.07, 6.45) is 0. The maximum atomic E-state index is 6.16. The van der Waals surface area contributed by atoms with Crippen molar-refractivity contribution in [2.75, 3.05) is 31.2 Å². The van der Waals surface area contributed by atoms with Crippen molar-refractivity contribution in [3.63, 3.8) is 0 Å². The van der Waals surface area contributed by atoms with Gasteiger partial charge in [-0.15, -0.1) is 0 Å². The van der Waals surface area contributed by atoms with E-state index in [1.165, 1.54) is 5.69 Å². The van der Waals surface area contributed by atoms with Gasteiger partial charge in [-0.3, -0.25) is 0 Å². The van der Waals surface area contributed by atoms with Gasteiger partial charge in [-0.2, -0.15) is 0 Å². The van der Waals surface area contributed by atoms with Gasteiger partial charge in [0.1, 0.15) is 0 Å². The van der Waals surface area contributed by atoms with Gasteiger partial charge in [-0.05, 0) is 51.4 Å². The summed E-state index contributed by atoms with van der Waals surface area (Å²) in [4.78, 5) is 2.34. The van der Waals surface area contributed by atoms with Crippen LogP contribution in [0.5, 0.6) is 0 Å². The minimum Gasteiger partial charge on any atom is -0.399 e. The highest BCUT2D eigenvalue weighted by Gasteiger charge is 2.51. The Hall–Kier alpha value is -0.555. The first kappa shape index (κ1) is 16.3. The van der Waals surface area contributed by atoms with Gasteiger partial charge < -0.3 is 18.9 Å². The van der Waals surface area contributed by atoms with Crippen LogP contribution in [-0.2, 0) is 14.0 Å². The summed E-state index contributed by atoms with van der Waals surface area (Å²) in [5.41, 5.74) is 1.59. The number of nitrogens with zero attached hydrogens (tertiary/aromatic N) is 1. The zero-order chi connectivity index (χ0) is 16.0. The van der Waals surface area contributed by atoms with Crippen molar-refractivity contribution in [3.05, 3.63) is 22.7 Å². The molecule has 3 rings (SSSR count). The molecule has 0 aliphatic carbocycles. The molecule has 0 N–H and O–H groups in total. The van der Waals surface area contributed by atoms with Crippen molar-refractivity contribution in [2.45, 2.75) is 38.9 Å². The Bertz CT molecular complexity index is 542. The predicted octanol–water partition coefficient (Wildman–Crippen LogP) is 2.58. The summed E-state index contributed by atoms with van der Waals surface area (Å²) < 4.78 is 18.8. The molecule has 0 amide bonds. The molecule has 2 aliphatic heterocycles. The SMILES string of the molecule is CC1(C)OB(c2cc(Br)cc(N3CCOCC3)c2)OC1(C)C. The molecular weight excluding hydrogens is 345 g/mol. The fraction of sp³-hybridized carbons (Fsp3) is 0.625. The van der Waals surface area contributed by atoms with Crippen LogP contribution >= 0.6 is 15.9 Å². The Balaban J connectivity index is 1.87. The largest absolute Gasteiger partial charge is 0.494 e. The monoisotopic (exact) mass is 367 g/mol. The number of ether oxygens (including phenoxy) is 1. The maximum Gasteiger partial charge on any atom is 0.494 e. The van der Waals surface area contributed by atoms with Crippen molar-refractivity contribution >= 4 is 34.2 Å². The smallest absolute Gasteiger partial charge is 0.399 e. The van der Waals surface area contributed by atoms with Gasteiger partial charge in [0, 0.05) is 23.2 Å². The van der Waals surface area contributed by atoms with Crippen LogP contribution in [0.1, 0.15) is 27.7 Å². The summed E-state index contributed by atoms with van der Waals surface area (Å²) in [7, 11) is -0.331. The molecule has 4 nitrogen and oxygen atoms in total. The molecular formula is C16H23BBrNO3. The highest BCUT2D eigenvalue weighted by Crippen LogP contribution is 2.37. The van der Waals surface area contributed by atoms with Gasteiger partial charge >= 0.3 is 7.12 Å². The Morgan fingerprint density at radius 3 is 2.18 bits per heavy atom. The van der Waals surface area contributed by atoms with Crippen LogP contribution in [0, 0.1) is 0 Å². The molecule has 0 aromatic heterocycles. The van der Waals surface area contributed by atoms with Crippen molar-refractivity contribution in [1.82, 2.24) is 0 Å². The number of benzene rings is 1. The summed E-state index contributed by atoms with van der Waals surface area (Å²) in [5.74, 6) is 0. The maximum absolute atomic E-state index is 6.16. The first-order valence-electron chi connectivity index (χ1n) is 7.77. The molecule has 1 aromatic rings. The molecule has 1 aromatic carbocycles. The van der Waals surface area contributed by atoms with Crippen LogP contribution in [0.2, 0.25) is 0 Å². The quantitative estimate of drug-likeness (QED) is 0.752. The van der Waals surface area contributed by atoms with Gasteiger partial charge in [0.05, 0.1) is 24.4 Å². The highest BCUT2D eigenvalue weighted by atomic mass is 79.9. The minimum absolute atomic E-state index is 0.320. The second kappa shape index (κ2) is 5.82.